The lowest BCUT2D eigenvalue weighted by Crippen LogP contribution is -2.29. The van der Waals surface area contributed by atoms with E-state index in [1.165, 1.54) is 24.9 Å². The van der Waals surface area contributed by atoms with Gasteiger partial charge < -0.3 is 4.90 Å². The third kappa shape index (κ3) is 2.15. The van der Waals surface area contributed by atoms with E-state index >= 15 is 0 Å². The monoisotopic (exact) mass is 229 g/mol. The van der Waals surface area contributed by atoms with E-state index in [4.69, 9.17) is 23.2 Å². The van der Waals surface area contributed by atoms with Crippen LogP contribution in [0.2, 0.25) is 10.0 Å². The lowest BCUT2D eigenvalue weighted by molar-refractivity contribution is 0.578. The van der Waals surface area contributed by atoms with E-state index in [1.807, 2.05) is 18.2 Å². The van der Waals surface area contributed by atoms with Crippen molar-refractivity contribution in [3.05, 3.63) is 28.2 Å². The number of hydrogen-bond donors (Lipinski definition) is 0. The quantitative estimate of drug-likeness (QED) is 0.705. The summed E-state index contributed by atoms with van der Waals surface area (Å²) in [5, 5.41) is 1.28. The number of nitrogens with zero attached hydrogens (tertiary/aromatic N) is 1. The SMILES string of the molecule is Clc1ccc(N2CCCCC2)cc1Cl. The molecule has 1 aliphatic heterocycles. The molecule has 14 heavy (non-hydrogen) atoms. The maximum atomic E-state index is 5.97. The summed E-state index contributed by atoms with van der Waals surface area (Å²) in [6, 6.07) is 5.86. The molecule has 1 nitrogen and oxygen atoms in total. The van der Waals surface area contributed by atoms with Crippen LogP contribution >= 0.6 is 23.2 Å². The van der Waals surface area contributed by atoms with E-state index in [9.17, 15) is 0 Å². The van der Waals surface area contributed by atoms with Crippen molar-refractivity contribution in [3.8, 4) is 0 Å². The molecule has 0 radical (unpaired) electrons. The van der Waals surface area contributed by atoms with Crippen molar-refractivity contribution in [1.29, 1.82) is 0 Å². The Hall–Kier alpha value is -0.400. The molecule has 0 aliphatic carbocycles. The zero-order valence-corrected chi connectivity index (χ0v) is 9.48. The fraction of sp³-hybridized carbons (Fsp3) is 0.455. The number of benzene rings is 1. The molecule has 1 saturated heterocycles. The summed E-state index contributed by atoms with van der Waals surface area (Å²) < 4.78 is 0. The summed E-state index contributed by atoms with van der Waals surface area (Å²) in [4.78, 5) is 2.37. The lowest BCUT2D eigenvalue weighted by atomic mass is 10.1. The van der Waals surface area contributed by atoms with Gasteiger partial charge in [0.25, 0.3) is 0 Å². The third-order valence-corrected chi connectivity index (χ3v) is 3.36. The summed E-state index contributed by atoms with van der Waals surface area (Å²) in [5.41, 5.74) is 1.19. The van der Waals surface area contributed by atoms with E-state index in [2.05, 4.69) is 4.90 Å². The summed E-state index contributed by atoms with van der Waals surface area (Å²) in [6.07, 6.45) is 3.90. The Labute approximate surface area is 94.6 Å². The van der Waals surface area contributed by atoms with Crippen LogP contribution < -0.4 is 4.90 Å². The maximum Gasteiger partial charge on any atom is 0.0612 e. The van der Waals surface area contributed by atoms with Crippen LogP contribution in [-0.2, 0) is 0 Å². The van der Waals surface area contributed by atoms with Gasteiger partial charge in [0, 0.05) is 18.8 Å². The summed E-state index contributed by atoms with van der Waals surface area (Å²) in [5.74, 6) is 0. The van der Waals surface area contributed by atoms with Gasteiger partial charge in [-0.1, -0.05) is 23.2 Å². The first-order valence-electron chi connectivity index (χ1n) is 4.97. The number of hydrogen-bond acceptors (Lipinski definition) is 1. The highest BCUT2D eigenvalue weighted by atomic mass is 35.5. The number of piperidine rings is 1. The van der Waals surface area contributed by atoms with Gasteiger partial charge in [-0.3, -0.25) is 0 Å². The Kier molecular flexibility index (Phi) is 3.19. The summed E-state index contributed by atoms with van der Waals surface area (Å²) in [6.45, 7) is 2.27. The maximum absolute atomic E-state index is 5.97. The molecule has 0 spiro atoms. The van der Waals surface area contributed by atoms with E-state index < -0.39 is 0 Å². The van der Waals surface area contributed by atoms with Gasteiger partial charge in [-0.05, 0) is 37.5 Å². The minimum absolute atomic E-state index is 0.632. The van der Waals surface area contributed by atoms with Gasteiger partial charge in [-0.25, -0.2) is 0 Å². The Morgan fingerprint density at radius 1 is 0.929 bits per heavy atom. The van der Waals surface area contributed by atoms with Crippen molar-refractivity contribution in [1.82, 2.24) is 0 Å². The molecule has 3 heteroatoms. The zero-order valence-electron chi connectivity index (χ0n) is 7.97. The molecule has 0 N–H and O–H groups in total. The second kappa shape index (κ2) is 4.41. The molecule has 0 saturated carbocycles. The minimum Gasteiger partial charge on any atom is -0.371 e. The Balaban J connectivity index is 2.18. The highest BCUT2D eigenvalue weighted by molar-refractivity contribution is 6.42. The first-order valence-corrected chi connectivity index (χ1v) is 5.73. The van der Waals surface area contributed by atoms with Crippen LogP contribution in [0.3, 0.4) is 0 Å². The van der Waals surface area contributed by atoms with Gasteiger partial charge >= 0.3 is 0 Å². The standard InChI is InChI=1S/C11H13Cl2N/c12-10-5-4-9(8-11(10)13)14-6-2-1-3-7-14/h4-5,8H,1-3,6-7H2. The van der Waals surface area contributed by atoms with Crippen LogP contribution in [-0.4, -0.2) is 13.1 Å². The summed E-state index contributed by atoms with van der Waals surface area (Å²) in [7, 11) is 0. The molecule has 1 aliphatic rings. The van der Waals surface area contributed by atoms with E-state index in [1.54, 1.807) is 0 Å². The zero-order chi connectivity index (χ0) is 9.97. The third-order valence-electron chi connectivity index (χ3n) is 2.62. The Morgan fingerprint density at radius 2 is 1.64 bits per heavy atom. The van der Waals surface area contributed by atoms with Gasteiger partial charge in [-0.15, -0.1) is 0 Å². The molecule has 0 amide bonds. The second-order valence-corrected chi connectivity index (χ2v) is 4.46. The molecular weight excluding hydrogens is 217 g/mol. The van der Waals surface area contributed by atoms with E-state index in [0.717, 1.165) is 13.1 Å². The molecule has 0 atom stereocenters. The first kappa shape index (κ1) is 10.1. The van der Waals surface area contributed by atoms with Gasteiger partial charge in [0.2, 0.25) is 0 Å². The van der Waals surface area contributed by atoms with Crippen molar-refractivity contribution in [2.24, 2.45) is 0 Å². The normalized spacial score (nSPS) is 17.1. The predicted octanol–water partition coefficient (Wildman–Crippen LogP) is 3.98. The second-order valence-electron chi connectivity index (χ2n) is 3.65. The highest BCUT2D eigenvalue weighted by Crippen LogP contribution is 2.28. The molecule has 0 aromatic heterocycles. The van der Waals surface area contributed by atoms with Gasteiger partial charge in [0.1, 0.15) is 0 Å². The lowest BCUT2D eigenvalue weighted by Gasteiger charge is -2.28. The fourth-order valence-corrected chi connectivity index (χ4v) is 2.13. The molecule has 2 rings (SSSR count). The molecule has 1 fully saturated rings. The van der Waals surface area contributed by atoms with Crippen LogP contribution in [0, 0.1) is 0 Å². The van der Waals surface area contributed by atoms with Crippen LogP contribution in [0.1, 0.15) is 19.3 Å². The van der Waals surface area contributed by atoms with E-state index in [0.29, 0.717) is 10.0 Å². The molecule has 0 bridgehead atoms. The van der Waals surface area contributed by atoms with Crippen LogP contribution in [0.4, 0.5) is 5.69 Å². The van der Waals surface area contributed by atoms with Crippen molar-refractivity contribution in [3.63, 3.8) is 0 Å². The molecule has 76 valence electrons. The fourth-order valence-electron chi connectivity index (χ4n) is 1.83. The molecule has 1 aromatic rings. The van der Waals surface area contributed by atoms with Crippen molar-refractivity contribution in [2.75, 3.05) is 18.0 Å². The Bertz CT molecular complexity index is 319. The predicted molar refractivity (Wildman–Crippen MR) is 62.5 cm³/mol. The smallest absolute Gasteiger partial charge is 0.0612 e. The van der Waals surface area contributed by atoms with Crippen molar-refractivity contribution >= 4 is 28.9 Å². The molecular formula is C11H13Cl2N. The number of halogens is 2. The van der Waals surface area contributed by atoms with Gasteiger partial charge in [0.05, 0.1) is 10.0 Å². The van der Waals surface area contributed by atoms with Crippen LogP contribution in [0.25, 0.3) is 0 Å². The Morgan fingerprint density at radius 3 is 2.29 bits per heavy atom. The minimum atomic E-state index is 0.632. The van der Waals surface area contributed by atoms with Gasteiger partial charge in [-0.2, -0.15) is 0 Å². The van der Waals surface area contributed by atoms with Crippen LogP contribution in [0.15, 0.2) is 18.2 Å². The first-order chi connectivity index (χ1) is 6.77. The average molecular weight is 230 g/mol. The molecule has 0 unspecified atom stereocenters. The average Bonchev–Trinajstić information content (AvgIpc) is 2.23. The number of rotatable bonds is 1. The number of anilines is 1. The topological polar surface area (TPSA) is 3.24 Å². The summed E-state index contributed by atoms with van der Waals surface area (Å²) >= 11 is 11.8. The molecule has 1 heterocycles. The van der Waals surface area contributed by atoms with Gasteiger partial charge in [0.15, 0.2) is 0 Å². The highest BCUT2D eigenvalue weighted by Gasteiger charge is 2.11. The van der Waals surface area contributed by atoms with Crippen molar-refractivity contribution in [2.45, 2.75) is 19.3 Å². The van der Waals surface area contributed by atoms with Crippen molar-refractivity contribution < 1.29 is 0 Å². The molecule has 1 aromatic carbocycles. The van der Waals surface area contributed by atoms with Crippen LogP contribution in [0.5, 0.6) is 0 Å². The largest absolute Gasteiger partial charge is 0.371 e. The van der Waals surface area contributed by atoms with E-state index in [-0.39, 0.29) is 0 Å².